The van der Waals surface area contributed by atoms with Crippen LogP contribution in [0.15, 0.2) is 59.8 Å². The number of aromatic nitrogens is 4. The lowest BCUT2D eigenvalue weighted by Crippen LogP contribution is -2.27. The molecule has 146 valence electrons. The van der Waals surface area contributed by atoms with E-state index in [4.69, 9.17) is 23.2 Å². The fourth-order valence-electron chi connectivity index (χ4n) is 2.76. The van der Waals surface area contributed by atoms with Crippen molar-refractivity contribution in [2.24, 2.45) is 0 Å². The number of amides is 1. The van der Waals surface area contributed by atoms with E-state index in [1.807, 2.05) is 0 Å². The third-order valence-electron chi connectivity index (χ3n) is 4.14. The molecule has 1 N–H and O–H groups in total. The molecule has 0 unspecified atom stereocenters. The second kappa shape index (κ2) is 7.65. The van der Waals surface area contributed by atoms with Crippen LogP contribution >= 0.6 is 23.2 Å². The van der Waals surface area contributed by atoms with Gasteiger partial charge in [0.05, 0.1) is 21.9 Å². The molecule has 1 amide bonds. The summed E-state index contributed by atoms with van der Waals surface area (Å²) in [6.07, 6.45) is 2.63. The molecule has 7 nitrogen and oxygen atoms in total. The fourth-order valence-corrected chi connectivity index (χ4v) is 3.06. The van der Waals surface area contributed by atoms with Crippen LogP contribution in [0.2, 0.25) is 10.0 Å². The summed E-state index contributed by atoms with van der Waals surface area (Å²) < 4.78 is 15.7. The third kappa shape index (κ3) is 3.85. The summed E-state index contributed by atoms with van der Waals surface area (Å²) in [7, 11) is 0. The Morgan fingerprint density at radius 2 is 1.86 bits per heavy atom. The Labute approximate surface area is 173 Å². The molecule has 2 aromatic carbocycles. The summed E-state index contributed by atoms with van der Waals surface area (Å²) in [5.74, 6) is -0.814. The lowest BCUT2D eigenvalue weighted by Gasteiger charge is -2.08. The highest BCUT2D eigenvalue weighted by atomic mass is 35.5. The number of fused-ring (bicyclic) bond motifs is 1. The van der Waals surface area contributed by atoms with E-state index >= 15 is 0 Å². The van der Waals surface area contributed by atoms with Crippen LogP contribution in [0.4, 0.5) is 10.1 Å². The van der Waals surface area contributed by atoms with Crippen molar-refractivity contribution in [1.82, 2.24) is 19.3 Å². The van der Waals surface area contributed by atoms with Crippen LogP contribution in [-0.2, 0) is 11.3 Å². The Hall–Kier alpha value is -3.23. The lowest BCUT2D eigenvalue weighted by atomic mass is 10.3. The van der Waals surface area contributed by atoms with Crippen LogP contribution in [0.3, 0.4) is 0 Å². The van der Waals surface area contributed by atoms with Crippen molar-refractivity contribution < 1.29 is 9.18 Å². The highest BCUT2D eigenvalue weighted by Crippen LogP contribution is 2.25. The molecule has 2 heterocycles. The first kappa shape index (κ1) is 19.1. The SMILES string of the molecule is O=C(Cn1cnc2c(cnn2-c2ccc(F)cc2)c1=O)Nc1ccc(Cl)c(Cl)c1. The van der Waals surface area contributed by atoms with Gasteiger partial charge in [0.1, 0.15) is 24.1 Å². The second-order valence-corrected chi connectivity index (χ2v) is 6.94. The standard InChI is InChI=1S/C19H12Cl2FN5O2/c20-15-6-3-12(7-16(15)21)25-17(28)9-26-10-23-18-14(19(26)29)8-24-27(18)13-4-1-11(22)2-5-13/h1-8,10H,9H2,(H,25,28). The quantitative estimate of drug-likeness (QED) is 0.534. The van der Waals surface area contributed by atoms with Gasteiger partial charge in [-0.1, -0.05) is 23.2 Å². The number of nitrogens with zero attached hydrogens (tertiary/aromatic N) is 4. The Balaban J connectivity index is 1.59. The average molecular weight is 432 g/mol. The van der Waals surface area contributed by atoms with Crippen LogP contribution in [0.25, 0.3) is 16.7 Å². The molecule has 0 saturated carbocycles. The van der Waals surface area contributed by atoms with Gasteiger partial charge < -0.3 is 5.32 Å². The lowest BCUT2D eigenvalue weighted by molar-refractivity contribution is -0.116. The smallest absolute Gasteiger partial charge is 0.264 e. The maximum Gasteiger partial charge on any atom is 0.264 e. The number of anilines is 1. The molecule has 0 bridgehead atoms. The Morgan fingerprint density at radius 3 is 2.59 bits per heavy atom. The van der Waals surface area contributed by atoms with E-state index in [1.54, 1.807) is 12.1 Å². The molecular formula is C19H12Cl2FN5O2. The van der Waals surface area contributed by atoms with Crippen LogP contribution in [0.5, 0.6) is 0 Å². The van der Waals surface area contributed by atoms with E-state index < -0.39 is 11.5 Å². The summed E-state index contributed by atoms with van der Waals surface area (Å²) >= 11 is 11.8. The van der Waals surface area contributed by atoms with E-state index in [2.05, 4.69) is 15.4 Å². The topological polar surface area (TPSA) is 81.8 Å². The number of carbonyl (C=O) groups excluding carboxylic acids is 1. The van der Waals surface area contributed by atoms with Crippen molar-refractivity contribution in [3.63, 3.8) is 0 Å². The van der Waals surface area contributed by atoms with Crippen molar-refractivity contribution in [1.29, 1.82) is 0 Å². The van der Waals surface area contributed by atoms with Crippen LogP contribution < -0.4 is 10.9 Å². The van der Waals surface area contributed by atoms with Crippen molar-refractivity contribution in [2.75, 3.05) is 5.32 Å². The van der Waals surface area contributed by atoms with Crippen molar-refractivity contribution >= 4 is 45.8 Å². The van der Waals surface area contributed by atoms with Gasteiger partial charge >= 0.3 is 0 Å². The zero-order valence-corrected chi connectivity index (χ0v) is 16.2. The second-order valence-electron chi connectivity index (χ2n) is 6.12. The Kier molecular flexibility index (Phi) is 5.04. The normalized spacial score (nSPS) is 11.0. The molecule has 0 atom stereocenters. The molecular weight excluding hydrogens is 420 g/mol. The Bertz CT molecular complexity index is 1280. The molecule has 0 aliphatic rings. The summed E-state index contributed by atoms with van der Waals surface area (Å²) in [6, 6.07) is 10.3. The van der Waals surface area contributed by atoms with Gasteiger partial charge in [0.15, 0.2) is 5.65 Å². The van der Waals surface area contributed by atoms with Crippen molar-refractivity contribution in [2.45, 2.75) is 6.54 Å². The minimum absolute atomic E-state index is 0.235. The number of carbonyl (C=O) groups is 1. The molecule has 4 aromatic rings. The van der Waals surface area contributed by atoms with Crippen LogP contribution in [-0.4, -0.2) is 25.2 Å². The number of benzene rings is 2. The predicted molar refractivity (Wildman–Crippen MR) is 108 cm³/mol. The van der Waals surface area contributed by atoms with E-state index in [9.17, 15) is 14.0 Å². The Morgan fingerprint density at radius 1 is 1.10 bits per heavy atom. The number of halogens is 3. The maximum absolute atomic E-state index is 13.1. The van der Waals surface area contributed by atoms with Crippen molar-refractivity contribution in [3.8, 4) is 5.69 Å². The highest BCUT2D eigenvalue weighted by molar-refractivity contribution is 6.42. The number of nitrogens with one attached hydrogen (secondary N) is 1. The first-order valence-electron chi connectivity index (χ1n) is 8.36. The first-order chi connectivity index (χ1) is 13.9. The molecule has 0 radical (unpaired) electrons. The van der Waals surface area contributed by atoms with Gasteiger partial charge in [0, 0.05) is 5.69 Å². The highest BCUT2D eigenvalue weighted by Gasteiger charge is 2.13. The zero-order valence-electron chi connectivity index (χ0n) is 14.6. The maximum atomic E-state index is 13.1. The van der Waals surface area contributed by atoms with E-state index in [-0.39, 0.29) is 17.7 Å². The minimum Gasteiger partial charge on any atom is -0.324 e. The van der Waals surface area contributed by atoms with Crippen LogP contribution in [0, 0.1) is 5.82 Å². The van der Waals surface area contributed by atoms with E-state index in [1.165, 1.54) is 52.1 Å². The number of hydrogen-bond donors (Lipinski definition) is 1. The van der Waals surface area contributed by atoms with Gasteiger partial charge in [-0.05, 0) is 42.5 Å². The number of hydrogen-bond acceptors (Lipinski definition) is 4. The molecule has 0 spiro atoms. The largest absolute Gasteiger partial charge is 0.324 e. The van der Waals surface area contributed by atoms with Crippen molar-refractivity contribution in [3.05, 3.63) is 81.2 Å². The number of rotatable bonds is 4. The summed E-state index contributed by atoms with van der Waals surface area (Å²) in [6.45, 7) is -0.246. The zero-order chi connectivity index (χ0) is 20.5. The fraction of sp³-hybridized carbons (Fsp3) is 0.0526. The predicted octanol–water partition coefficient (Wildman–Crippen LogP) is 3.67. The molecule has 10 heteroatoms. The van der Waals surface area contributed by atoms with Gasteiger partial charge in [0.2, 0.25) is 5.91 Å². The van der Waals surface area contributed by atoms with Gasteiger partial charge in [-0.2, -0.15) is 5.10 Å². The minimum atomic E-state index is -0.433. The van der Waals surface area contributed by atoms with E-state index in [0.29, 0.717) is 27.1 Å². The first-order valence-corrected chi connectivity index (χ1v) is 9.12. The van der Waals surface area contributed by atoms with E-state index in [0.717, 1.165) is 0 Å². The third-order valence-corrected chi connectivity index (χ3v) is 4.88. The van der Waals surface area contributed by atoms with Gasteiger partial charge in [-0.15, -0.1) is 0 Å². The molecule has 0 aliphatic carbocycles. The van der Waals surface area contributed by atoms with Gasteiger partial charge in [-0.3, -0.25) is 14.2 Å². The molecule has 0 aliphatic heterocycles. The summed E-state index contributed by atoms with van der Waals surface area (Å²) in [5, 5.41) is 7.71. The van der Waals surface area contributed by atoms with Gasteiger partial charge in [0.25, 0.3) is 5.56 Å². The summed E-state index contributed by atoms with van der Waals surface area (Å²) in [5.41, 5.74) is 0.898. The molecule has 0 fully saturated rings. The van der Waals surface area contributed by atoms with Crippen LogP contribution in [0.1, 0.15) is 0 Å². The molecule has 29 heavy (non-hydrogen) atoms. The monoisotopic (exact) mass is 431 g/mol. The molecule has 4 rings (SSSR count). The average Bonchev–Trinajstić information content (AvgIpc) is 3.12. The van der Waals surface area contributed by atoms with Gasteiger partial charge in [-0.25, -0.2) is 14.1 Å². The summed E-state index contributed by atoms with van der Waals surface area (Å²) in [4.78, 5) is 29.2. The molecule has 2 aromatic heterocycles. The molecule has 0 saturated heterocycles.